The molecule has 0 aliphatic heterocycles. The Kier molecular flexibility index (Phi) is 3.27. The molecule has 1 aliphatic rings. The van der Waals surface area contributed by atoms with Crippen LogP contribution in [0.15, 0.2) is 18.2 Å². The SMILES string of the molecule is Cc1ccc(C2(N)CCC(C)CC2)cc1Cl. The number of nitrogens with two attached hydrogens (primary N) is 1. The maximum atomic E-state index is 6.50. The van der Waals surface area contributed by atoms with Gasteiger partial charge in [-0.25, -0.2) is 0 Å². The maximum Gasteiger partial charge on any atom is 0.0438 e. The van der Waals surface area contributed by atoms with Crippen LogP contribution in [0.25, 0.3) is 0 Å². The largest absolute Gasteiger partial charge is 0.321 e. The lowest BCUT2D eigenvalue weighted by Crippen LogP contribution is -2.40. The van der Waals surface area contributed by atoms with Gasteiger partial charge < -0.3 is 5.73 Å². The smallest absolute Gasteiger partial charge is 0.0438 e. The Morgan fingerprint density at radius 2 is 1.94 bits per heavy atom. The van der Waals surface area contributed by atoms with Gasteiger partial charge in [0.05, 0.1) is 0 Å². The van der Waals surface area contributed by atoms with E-state index in [1.807, 2.05) is 13.0 Å². The van der Waals surface area contributed by atoms with E-state index in [1.54, 1.807) is 0 Å². The van der Waals surface area contributed by atoms with Crippen molar-refractivity contribution in [2.24, 2.45) is 11.7 Å². The summed E-state index contributed by atoms with van der Waals surface area (Å²) in [5.41, 5.74) is 8.68. The van der Waals surface area contributed by atoms with Crippen LogP contribution in [0.2, 0.25) is 5.02 Å². The van der Waals surface area contributed by atoms with Crippen LogP contribution < -0.4 is 5.73 Å². The van der Waals surface area contributed by atoms with Gasteiger partial charge >= 0.3 is 0 Å². The first kappa shape index (κ1) is 11.9. The van der Waals surface area contributed by atoms with Gasteiger partial charge in [-0.2, -0.15) is 0 Å². The fraction of sp³-hybridized carbons (Fsp3) is 0.571. The normalized spacial score (nSPS) is 30.4. The molecule has 0 unspecified atom stereocenters. The highest BCUT2D eigenvalue weighted by molar-refractivity contribution is 6.31. The van der Waals surface area contributed by atoms with E-state index < -0.39 is 0 Å². The predicted octanol–water partition coefficient (Wildman–Crippen LogP) is 4.01. The van der Waals surface area contributed by atoms with Crippen LogP contribution in [0.1, 0.15) is 43.7 Å². The molecular formula is C14H20ClN. The number of aryl methyl sites for hydroxylation is 1. The van der Waals surface area contributed by atoms with Crippen molar-refractivity contribution in [3.8, 4) is 0 Å². The van der Waals surface area contributed by atoms with E-state index in [0.29, 0.717) is 0 Å². The highest BCUT2D eigenvalue weighted by Crippen LogP contribution is 2.38. The molecule has 2 heteroatoms. The Balaban J connectivity index is 2.25. The van der Waals surface area contributed by atoms with E-state index in [0.717, 1.165) is 29.3 Å². The van der Waals surface area contributed by atoms with Crippen LogP contribution in [0, 0.1) is 12.8 Å². The molecule has 0 aromatic heterocycles. The Hall–Kier alpha value is -0.530. The summed E-state index contributed by atoms with van der Waals surface area (Å²) < 4.78 is 0. The molecule has 0 amide bonds. The Bertz CT molecular complexity index is 378. The third-order valence-electron chi connectivity index (χ3n) is 3.91. The zero-order valence-electron chi connectivity index (χ0n) is 10.1. The molecule has 0 radical (unpaired) electrons. The molecular weight excluding hydrogens is 218 g/mol. The average Bonchev–Trinajstić information content (AvgIpc) is 2.26. The lowest BCUT2D eigenvalue weighted by Gasteiger charge is -2.36. The van der Waals surface area contributed by atoms with Crippen molar-refractivity contribution in [2.45, 2.75) is 45.1 Å². The molecule has 0 atom stereocenters. The summed E-state index contributed by atoms with van der Waals surface area (Å²) in [7, 11) is 0. The van der Waals surface area contributed by atoms with Crippen LogP contribution in [0.4, 0.5) is 0 Å². The van der Waals surface area contributed by atoms with E-state index in [1.165, 1.54) is 18.4 Å². The second-order valence-electron chi connectivity index (χ2n) is 5.30. The Morgan fingerprint density at radius 3 is 2.50 bits per heavy atom. The van der Waals surface area contributed by atoms with Crippen LogP contribution in [0.5, 0.6) is 0 Å². The number of benzene rings is 1. The lowest BCUT2D eigenvalue weighted by molar-refractivity contribution is 0.248. The third kappa shape index (κ3) is 2.26. The molecule has 1 aliphatic carbocycles. The van der Waals surface area contributed by atoms with E-state index in [2.05, 4.69) is 19.1 Å². The Morgan fingerprint density at radius 1 is 1.31 bits per heavy atom. The fourth-order valence-electron chi connectivity index (χ4n) is 2.47. The quantitative estimate of drug-likeness (QED) is 0.785. The summed E-state index contributed by atoms with van der Waals surface area (Å²) in [5, 5.41) is 0.834. The summed E-state index contributed by atoms with van der Waals surface area (Å²) >= 11 is 6.17. The minimum Gasteiger partial charge on any atom is -0.321 e. The summed E-state index contributed by atoms with van der Waals surface area (Å²) in [4.78, 5) is 0. The molecule has 2 rings (SSSR count). The molecule has 1 fully saturated rings. The first-order valence-corrected chi connectivity index (χ1v) is 6.44. The number of hydrogen-bond acceptors (Lipinski definition) is 1. The van der Waals surface area contributed by atoms with Gasteiger partial charge in [-0.05, 0) is 55.7 Å². The molecule has 0 saturated heterocycles. The number of halogens is 1. The zero-order chi connectivity index (χ0) is 11.8. The standard InChI is InChI=1S/C14H20ClN/c1-10-5-7-14(16,8-6-10)12-4-3-11(2)13(15)9-12/h3-4,9-10H,5-8,16H2,1-2H3. The van der Waals surface area contributed by atoms with Crippen LogP contribution in [0.3, 0.4) is 0 Å². The summed E-state index contributed by atoms with van der Waals surface area (Å²) in [5.74, 6) is 0.817. The van der Waals surface area contributed by atoms with Crippen molar-refractivity contribution in [3.05, 3.63) is 34.3 Å². The van der Waals surface area contributed by atoms with Gasteiger partial charge in [-0.15, -0.1) is 0 Å². The van der Waals surface area contributed by atoms with Crippen molar-refractivity contribution >= 4 is 11.6 Å². The summed E-state index contributed by atoms with van der Waals surface area (Å²) in [6.07, 6.45) is 4.60. The monoisotopic (exact) mass is 237 g/mol. The second kappa shape index (κ2) is 4.38. The highest BCUT2D eigenvalue weighted by Gasteiger charge is 2.31. The molecule has 16 heavy (non-hydrogen) atoms. The van der Waals surface area contributed by atoms with E-state index in [-0.39, 0.29) is 5.54 Å². The van der Waals surface area contributed by atoms with Crippen molar-refractivity contribution in [3.63, 3.8) is 0 Å². The molecule has 88 valence electrons. The topological polar surface area (TPSA) is 26.0 Å². The van der Waals surface area contributed by atoms with Gasteiger partial charge in [0.1, 0.15) is 0 Å². The molecule has 2 N–H and O–H groups in total. The van der Waals surface area contributed by atoms with Crippen LogP contribution in [-0.4, -0.2) is 0 Å². The molecule has 1 nitrogen and oxygen atoms in total. The van der Waals surface area contributed by atoms with Gasteiger partial charge in [0.25, 0.3) is 0 Å². The van der Waals surface area contributed by atoms with Crippen LogP contribution >= 0.6 is 11.6 Å². The fourth-order valence-corrected chi connectivity index (χ4v) is 2.65. The highest BCUT2D eigenvalue weighted by atomic mass is 35.5. The van der Waals surface area contributed by atoms with Gasteiger partial charge in [-0.3, -0.25) is 0 Å². The molecule has 1 aromatic carbocycles. The number of hydrogen-bond donors (Lipinski definition) is 1. The average molecular weight is 238 g/mol. The maximum absolute atomic E-state index is 6.50. The van der Waals surface area contributed by atoms with E-state index in [9.17, 15) is 0 Å². The van der Waals surface area contributed by atoms with Crippen molar-refractivity contribution in [1.82, 2.24) is 0 Å². The first-order valence-electron chi connectivity index (χ1n) is 6.07. The first-order chi connectivity index (χ1) is 7.51. The molecule has 1 aromatic rings. The lowest BCUT2D eigenvalue weighted by atomic mass is 9.74. The van der Waals surface area contributed by atoms with E-state index >= 15 is 0 Å². The third-order valence-corrected chi connectivity index (χ3v) is 4.32. The minimum absolute atomic E-state index is 0.149. The zero-order valence-corrected chi connectivity index (χ0v) is 10.8. The van der Waals surface area contributed by atoms with Gasteiger partial charge in [0, 0.05) is 10.6 Å². The second-order valence-corrected chi connectivity index (χ2v) is 5.71. The molecule has 0 bridgehead atoms. The van der Waals surface area contributed by atoms with Gasteiger partial charge in [0.15, 0.2) is 0 Å². The molecule has 0 spiro atoms. The molecule has 0 heterocycles. The van der Waals surface area contributed by atoms with Gasteiger partial charge in [0.2, 0.25) is 0 Å². The predicted molar refractivity (Wildman–Crippen MR) is 69.7 cm³/mol. The van der Waals surface area contributed by atoms with E-state index in [4.69, 9.17) is 17.3 Å². The minimum atomic E-state index is -0.149. The number of rotatable bonds is 1. The van der Waals surface area contributed by atoms with Crippen molar-refractivity contribution in [2.75, 3.05) is 0 Å². The molecule has 1 saturated carbocycles. The summed E-state index contributed by atoms with van der Waals surface area (Å²) in [6.45, 7) is 4.33. The van der Waals surface area contributed by atoms with Gasteiger partial charge in [-0.1, -0.05) is 30.7 Å². The van der Waals surface area contributed by atoms with Crippen molar-refractivity contribution < 1.29 is 0 Å². The van der Waals surface area contributed by atoms with Crippen molar-refractivity contribution in [1.29, 1.82) is 0 Å². The Labute approximate surface area is 103 Å². The summed E-state index contributed by atoms with van der Waals surface area (Å²) in [6, 6.07) is 6.26. The van der Waals surface area contributed by atoms with Crippen LogP contribution in [-0.2, 0) is 5.54 Å².